The monoisotopic (exact) mass is 162 g/mol. The van der Waals surface area contributed by atoms with Crippen molar-refractivity contribution >= 4 is 6.09 Å². The lowest BCUT2D eigenvalue weighted by Gasteiger charge is -2.23. The van der Waals surface area contributed by atoms with Crippen LogP contribution in [0.3, 0.4) is 0 Å². The molecule has 0 unspecified atom stereocenters. The molecule has 0 bridgehead atoms. The predicted octanol–water partition coefficient (Wildman–Crippen LogP) is -0.822. The summed E-state index contributed by atoms with van der Waals surface area (Å²) in [5.74, 6) is 0. The van der Waals surface area contributed by atoms with Crippen LogP contribution in [0.15, 0.2) is 0 Å². The van der Waals surface area contributed by atoms with Crippen LogP contribution in [-0.4, -0.2) is 54.5 Å². The summed E-state index contributed by atoms with van der Waals surface area (Å²) in [6.07, 6.45) is -0.809. The maximum absolute atomic E-state index is 10.3. The third-order valence-corrected chi connectivity index (χ3v) is 1.39. The van der Waals surface area contributed by atoms with E-state index in [-0.39, 0.29) is 0 Å². The van der Waals surface area contributed by atoms with E-state index < -0.39 is 6.09 Å². The largest absolute Gasteiger partial charge is 0.465 e. The van der Waals surface area contributed by atoms with Gasteiger partial charge >= 0.3 is 6.09 Å². The molecule has 3 N–H and O–H groups in total. The SMILES string of the molecule is CO.O=C(O)N1CCNCC1. The highest BCUT2D eigenvalue weighted by Gasteiger charge is 2.13. The Morgan fingerprint density at radius 3 is 2.09 bits per heavy atom. The zero-order valence-corrected chi connectivity index (χ0v) is 6.58. The van der Waals surface area contributed by atoms with E-state index >= 15 is 0 Å². The molecule has 0 saturated carbocycles. The second kappa shape index (κ2) is 5.94. The molecule has 5 heteroatoms. The molecule has 66 valence electrons. The highest BCUT2D eigenvalue weighted by atomic mass is 16.4. The van der Waals surface area contributed by atoms with Gasteiger partial charge in [0.15, 0.2) is 0 Å². The van der Waals surface area contributed by atoms with Gasteiger partial charge in [-0.15, -0.1) is 0 Å². The Morgan fingerprint density at radius 1 is 1.36 bits per heavy atom. The van der Waals surface area contributed by atoms with Crippen LogP contribution in [0.2, 0.25) is 0 Å². The second-order valence-corrected chi connectivity index (χ2v) is 2.02. The number of carbonyl (C=O) groups is 1. The van der Waals surface area contributed by atoms with Crippen molar-refractivity contribution in [3.63, 3.8) is 0 Å². The minimum Gasteiger partial charge on any atom is -0.465 e. The van der Waals surface area contributed by atoms with Crippen LogP contribution in [0.5, 0.6) is 0 Å². The Bertz CT molecular complexity index is 112. The number of hydrogen-bond donors (Lipinski definition) is 3. The first-order valence-corrected chi connectivity index (χ1v) is 3.44. The molecule has 1 aliphatic rings. The van der Waals surface area contributed by atoms with E-state index in [1.807, 2.05) is 0 Å². The predicted molar refractivity (Wildman–Crippen MR) is 40.6 cm³/mol. The summed E-state index contributed by atoms with van der Waals surface area (Å²) in [7, 11) is 1.00. The number of nitrogens with one attached hydrogen (secondary N) is 1. The number of amides is 1. The molecule has 1 rings (SSSR count). The van der Waals surface area contributed by atoms with Crippen molar-refractivity contribution < 1.29 is 15.0 Å². The van der Waals surface area contributed by atoms with Crippen molar-refractivity contribution in [2.45, 2.75) is 0 Å². The van der Waals surface area contributed by atoms with Crippen LogP contribution in [0.4, 0.5) is 4.79 Å². The summed E-state index contributed by atoms with van der Waals surface area (Å²) < 4.78 is 0. The molecule has 1 heterocycles. The second-order valence-electron chi connectivity index (χ2n) is 2.02. The molecule has 1 amide bonds. The molecule has 1 aliphatic heterocycles. The molecule has 11 heavy (non-hydrogen) atoms. The highest BCUT2D eigenvalue weighted by molar-refractivity contribution is 5.65. The van der Waals surface area contributed by atoms with Gasteiger partial charge in [-0.3, -0.25) is 0 Å². The number of nitrogens with zero attached hydrogens (tertiary/aromatic N) is 1. The van der Waals surface area contributed by atoms with Crippen LogP contribution < -0.4 is 5.32 Å². The number of hydrogen-bond acceptors (Lipinski definition) is 3. The first kappa shape index (κ1) is 10.2. The first-order chi connectivity index (χ1) is 5.30. The topological polar surface area (TPSA) is 72.8 Å². The maximum atomic E-state index is 10.3. The average molecular weight is 162 g/mol. The third-order valence-electron chi connectivity index (χ3n) is 1.39. The van der Waals surface area contributed by atoms with Crippen molar-refractivity contribution in [2.24, 2.45) is 0 Å². The lowest BCUT2D eigenvalue weighted by molar-refractivity contribution is 0.139. The molecule has 0 aliphatic carbocycles. The molecule has 0 aromatic rings. The van der Waals surface area contributed by atoms with Gasteiger partial charge in [0.2, 0.25) is 0 Å². The summed E-state index contributed by atoms with van der Waals surface area (Å²) in [5.41, 5.74) is 0. The van der Waals surface area contributed by atoms with Gasteiger partial charge in [0, 0.05) is 33.3 Å². The Hall–Kier alpha value is -0.810. The van der Waals surface area contributed by atoms with Crippen molar-refractivity contribution in [1.29, 1.82) is 0 Å². The molecule has 5 nitrogen and oxygen atoms in total. The number of piperazine rings is 1. The standard InChI is InChI=1S/C5H10N2O2.CH4O/c8-5(9)7-3-1-6-2-4-7;1-2/h6H,1-4H2,(H,8,9);2H,1H3. The van der Waals surface area contributed by atoms with Gasteiger partial charge in [-0.1, -0.05) is 0 Å². The van der Waals surface area contributed by atoms with Gasteiger partial charge < -0.3 is 20.4 Å². The number of rotatable bonds is 0. The van der Waals surface area contributed by atoms with Gasteiger partial charge in [-0.2, -0.15) is 0 Å². The van der Waals surface area contributed by atoms with Crippen LogP contribution in [-0.2, 0) is 0 Å². The summed E-state index contributed by atoms with van der Waals surface area (Å²) in [6, 6.07) is 0. The molecule has 0 atom stereocenters. The quantitative estimate of drug-likeness (QED) is 0.435. The van der Waals surface area contributed by atoms with Gasteiger partial charge in [0.1, 0.15) is 0 Å². The minimum absolute atomic E-state index is 0.620. The first-order valence-electron chi connectivity index (χ1n) is 3.44. The highest BCUT2D eigenvalue weighted by Crippen LogP contribution is 1.90. The van der Waals surface area contributed by atoms with Crippen molar-refractivity contribution in [3.8, 4) is 0 Å². The molecule has 1 fully saturated rings. The fourth-order valence-electron chi connectivity index (χ4n) is 0.856. The van der Waals surface area contributed by atoms with Crippen molar-refractivity contribution in [1.82, 2.24) is 10.2 Å². The van der Waals surface area contributed by atoms with E-state index in [0.717, 1.165) is 20.2 Å². The Kier molecular flexibility index (Phi) is 5.50. The van der Waals surface area contributed by atoms with E-state index in [1.165, 1.54) is 4.90 Å². The lowest BCUT2D eigenvalue weighted by atomic mass is 10.4. The van der Waals surface area contributed by atoms with E-state index in [9.17, 15) is 4.79 Å². The number of carboxylic acid groups (broad SMARTS) is 1. The van der Waals surface area contributed by atoms with Crippen molar-refractivity contribution in [3.05, 3.63) is 0 Å². The number of aliphatic hydroxyl groups is 1. The fraction of sp³-hybridized carbons (Fsp3) is 0.833. The summed E-state index contributed by atoms with van der Waals surface area (Å²) in [6.45, 7) is 2.81. The molecule has 0 spiro atoms. The fourth-order valence-corrected chi connectivity index (χ4v) is 0.856. The van der Waals surface area contributed by atoms with Gasteiger partial charge in [0.05, 0.1) is 0 Å². The molecule has 0 aromatic carbocycles. The van der Waals surface area contributed by atoms with Crippen LogP contribution in [0.1, 0.15) is 0 Å². The summed E-state index contributed by atoms with van der Waals surface area (Å²) in [5, 5.41) is 18.5. The smallest absolute Gasteiger partial charge is 0.407 e. The van der Waals surface area contributed by atoms with E-state index in [1.54, 1.807) is 0 Å². The molecule has 0 radical (unpaired) electrons. The lowest BCUT2D eigenvalue weighted by Crippen LogP contribution is -2.45. The molecular formula is C6H14N2O3. The van der Waals surface area contributed by atoms with E-state index in [0.29, 0.717) is 13.1 Å². The average Bonchev–Trinajstić information content (AvgIpc) is 2.10. The summed E-state index contributed by atoms with van der Waals surface area (Å²) in [4.78, 5) is 11.7. The van der Waals surface area contributed by atoms with E-state index in [2.05, 4.69) is 5.32 Å². The van der Waals surface area contributed by atoms with Gasteiger partial charge in [0.25, 0.3) is 0 Å². The minimum atomic E-state index is -0.809. The molecular weight excluding hydrogens is 148 g/mol. The Morgan fingerprint density at radius 2 is 1.82 bits per heavy atom. The van der Waals surface area contributed by atoms with Gasteiger partial charge in [-0.05, 0) is 0 Å². The van der Waals surface area contributed by atoms with Crippen LogP contribution >= 0.6 is 0 Å². The summed E-state index contributed by atoms with van der Waals surface area (Å²) >= 11 is 0. The molecule has 1 saturated heterocycles. The maximum Gasteiger partial charge on any atom is 0.407 e. The molecule has 0 aromatic heterocycles. The zero-order chi connectivity index (χ0) is 8.69. The Balaban J connectivity index is 0.000000461. The Labute approximate surface area is 65.6 Å². The third kappa shape index (κ3) is 3.79. The zero-order valence-electron chi connectivity index (χ0n) is 6.58. The van der Waals surface area contributed by atoms with Gasteiger partial charge in [-0.25, -0.2) is 4.79 Å². The number of aliphatic hydroxyl groups excluding tert-OH is 1. The van der Waals surface area contributed by atoms with Crippen LogP contribution in [0.25, 0.3) is 0 Å². The normalized spacial score (nSPS) is 16.7. The van der Waals surface area contributed by atoms with Crippen molar-refractivity contribution in [2.75, 3.05) is 33.3 Å². The van der Waals surface area contributed by atoms with Crippen LogP contribution in [0, 0.1) is 0 Å². The van der Waals surface area contributed by atoms with E-state index in [4.69, 9.17) is 10.2 Å².